The number of aromatic nitrogens is 3. The van der Waals surface area contributed by atoms with E-state index in [-0.39, 0.29) is 11.7 Å². The highest BCUT2D eigenvalue weighted by molar-refractivity contribution is 7.09. The van der Waals surface area contributed by atoms with Gasteiger partial charge in [0.15, 0.2) is 0 Å². The van der Waals surface area contributed by atoms with Crippen LogP contribution in [-0.2, 0) is 18.8 Å². The SMILES string of the molecule is CC(C)n1ccn(CCc2nc(CCl)cs2)c1=O. The molecule has 4 nitrogen and oxygen atoms in total. The topological polar surface area (TPSA) is 39.8 Å². The zero-order valence-electron chi connectivity index (χ0n) is 10.5. The van der Waals surface area contributed by atoms with Crippen molar-refractivity contribution in [1.82, 2.24) is 14.1 Å². The highest BCUT2D eigenvalue weighted by atomic mass is 35.5. The van der Waals surface area contributed by atoms with Gasteiger partial charge < -0.3 is 0 Å². The van der Waals surface area contributed by atoms with E-state index in [0.29, 0.717) is 12.4 Å². The van der Waals surface area contributed by atoms with Crippen molar-refractivity contribution < 1.29 is 0 Å². The highest BCUT2D eigenvalue weighted by Crippen LogP contribution is 2.12. The Labute approximate surface area is 115 Å². The molecule has 2 rings (SSSR count). The minimum absolute atomic E-state index is 0.0409. The monoisotopic (exact) mass is 285 g/mol. The van der Waals surface area contributed by atoms with Crippen molar-refractivity contribution >= 4 is 22.9 Å². The molecular weight excluding hydrogens is 270 g/mol. The quantitative estimate of drug-likeness (QED) is 0.793. The van der Waals surface area contributed by atoms with Crippen molar-refractivity contribution in [3.63, 3.8) is 0 Å². The van der Waals surface area contributed by atoms with Crippen LogP contribution in [0.15, 0.2) is 22.6 Å². The Bertz CT molecular complexity index is 570. The normalized spacial score (nSPS) is 11.3. The van der Waals surface area contributed by atoms with Crippen LogP contribution in [0.5, 0.6) is 0 Å². The fourth-order valence-corrected chi connectivity index (χ4v) is 2.75. The largest absolute Gasteiger partial charge is 0.328 e. The first-order valence-corrected chi connectivity index (χ1v) is 7.29. The standard InChI is InChI=1S/C12H16ClN3OS/c1-9(2)16-6-5-15(12(16)17)4-3-11-14-10(7-13)8-18-11/h5-6,8-9H,3-4,7H2,1-2H3. The van der Waals surface area contributed by atoms with Crippen LogP contribution >= 0.6 is 22.9 Å². The molecule has 18 heavy (non-hydrogen) atoms. The average molecular weight is 286 g/mol. The summed E-state index contributed by atoms with van der Waals surface area (Å²) in [5, 5.41) is 2.99. The van der Waals surface area contributed by atoms with Gasteiger partial charge in [-0.05, 0) is 13.8 Å². The fourth-order valence-electron chi connectivity index (χ4n) is 1.73. The third kappa shape index (κ3) is 2.84. The van der Waals surface area contributed by atoms with Gasteiger partial charge in [0.1, 0.15) is 0 Å². The summed E-state index contributed by atoms with van der Waals surface area (Å²) in [7, 11) is 0. The summed E-state index contributed by atoms with van der Waals surface area (Å²) in [5.41, 5.74) is 0.947. The number of nitrogens with zero attached hydrogens (tertiary/aromatic N) is 3. The lowest BCUT2D eigenvalue weighted by Crippen LogP contribution is -2.25. The molecule has 2 heterocycles. The number of hydrogen-bond donors (Lipinski definition) is 0. The molecular formula is C12H16ClN3OS. The third-order valence-electron chi connectivity index (χ3n) is 2.73. The van der Waals surface area contributed by atoms with E-state index in [1.54, 1.807) is 20.5 Å². The Hall–Kier alpha value is -1.07. The number of alkyl halides is 1. The summed E-state index contributed by atoms with van der Waals surface area (Å²) in [6.07, 6.45) is 4.43. The van der Waals surface area contributed by atoms with Gasteiger partial charge >= 0.3 is 5.69 Å². The Morgan fingerprint density at radius 2 is 2.22 bits per heavy atom. The van der Waals surface area contributed by atoms with Crippen molar-refractivity contribution in [2.24, 2.45) is 0 Å². The molecule has 0 spiro atoms. The molecule has 98 valence electrons. The molecule has 0 saturated carbocycles. The van der Waals surface area contributed by atoms with Gasteiger partial charge in [-0.15, -0.1) is 22.9 Å². The summed E-state index contributed by atoms with van der Waals surface area (Å²) in [4.78, 5) is 16.4. The van der Waals surface area contributed by atoms with Crippen LogP contribution in [0.25, 0.3) is 0 Å². The number of imidazole rings is 1. The molecule has 0 aromatic carbocycles. The van der Waals surface area contributed by atoms with Crippen molar-refractivity contribution in [2.45, 2.75) is 38.7 Å². The second-order valence-corrected chi connectivity index (χ2v) is 5.60. The molecule has 0 aliphatic carbocycles. The molecule has 0 aliphatic heterocycles. The van der Waals surface area contributed by atoms with Gasteiger partial charge in [-0.25, -0.2) is 9.78 Å². The predicted octanol–water partition coefficient (Wildman–Crippen LogP) is 2.67. The average Bonchev–Trinajstić information content (AvgIpc) is 2.93. The maximum absolute atomic E-state index is 12.0. The van der Waals surface area contributed by atoms with Crippen LogP contribution in [0.2, 0.25) is 0 Å². The van der Waals surface area contributed by atoms with E-state index in [0.717, 1.165) is 17.1 Å². The summed E-state index contributed by atoms with van der Waals surface area (Å²) in [6.45, 7) is 4.66. The van der Waals surface area contributed by atoms with Crippen molar-refractivity contribution in [3.8, 4) is 0 Å². The summed E-state index contributed by atoms with van der Waals surface area (Å²) < 4.78 is 3.45. The summed E-state index contributed by atoms with van der Waals surface area (Å²) >= 11 is 7.30. The Kier molecular flexibility index (Phi) is 4.24. The van der Waals surface area contributed by atoms with Crippen LogP contribution in [0, 0.1) is 0 Å². The zero-order valence-corrected chi connectivity index (χ0v) is 12.0. The molecule has 0 fully saturated rings. The Balaban J connectivity index is 2.04. The van der Waals surface area contributed by atoms with Crippen LogP contribution < -0.4 is 5.69 Å². The number of thiazole rings is 1. The van der Waals surface area contributed by atoms with Crippen LogP contribution in [0.4, 0.5) is 0 Å². The molecule has 6 heteroatoms. The number of rotatable bonds is 5. The molecule has 0 radical (unpaired) electrons. The molecule has 0 N–H and O–H groups in total. The third-order valence-corrected chi connectivity index (χ3v) is 3.96. The van der Waals surface area contributed by atoms with Gasteiger partial charge in [-0.2, -0.15) is 0 Å². The highest BCUT2D eigenvalue weighted by Gasteiger charge is 2.07. The van der Waals surface area contributed by atoms with Gasteiger partial charge in [0.2, 0.25) is 0 Å². The molecule has 0 amide bonds. The molecule has 2 aromatic heterocycles. The van der Waals surface area contributed by atoms with Gasteiger partial charge in [0.05, 0.1) is 16.6 Å². The van der Waals surface area contributed by atoms with Gasteiger partial charge in [0, 0.05) is 36.8 Å². The first-order valence-electron chi connectivity index (χ1n) is 5.88. The Morgan fingerprint density at radius 1 is 1.44 bits per heavy atom. The number of hydrogen-bond acceptors (Lipinski definition) is 3. The lowest BCUT2D eigenvalue weighted by molar-refractivity contribution is 0.550. The van der Waals surface area contributed by atoms with Crippen molar-refractivity contribution in [1.29, 1.82) is 0 Å². The minimum atomic E-state index is 0.0409. The number of halogens is 1. The second kappa shape index (κ2) is 5.71. The zero-order chi connectivity index (χ0) is 13.1. The van der Waals surface area contributed by atoms with E-state index >= 15 is 0 Å². The molecule has 0 atom stereocenters. The maximum Gasteiger partial charge on any atom is 0.328 e. The lowest BCUT2D eigenvalue weighted by atomic mass is 10.4. The van der Waals surface area contributed by atoms with E-state index in [4.69, 9.17) is 11.6 Å². The molecule has 0 bridgehead atoms. The van der Waals surface area contributed by atoms with Crippen molar-refractivity contribution in [3.05, 3.63) is 39.0 Å². The van der Waals surface area contributed by atoms with E-state index in [1.165, 1.54) is 0 Å². The Morgan fingerprint density at radius 3 is 2.78 bits per heavy atom. The van der Waals surface area contributed by atoms with Crippen LogP contribution in [0.3, 0.4) is 0 Å². The van der Waals surface area contributed by atoms with E-state index in [1.807, 2.05) is 31.6 Å². The first-order chi connectivity index (χ1) is 8.61. The van der Waals surface area contributed by atoms with E-state index in [9.17, 15) is 4.79 Å². The van der Waals surface area contributed by atoms with Gasteiger partial charge in [-0.3, -0.25) is 9.13 Å². The first kappa shape index (κ1) is 13.4. The molecule has 0 saturated heterocycles. The van der Waals surface area contributed by atoms with Crippen LogP contribution in [0.1, 0.15) is 30.6 Å². The van der Waals surface area contributed by atoms with Crippen molar-refractivity contribution in [2.75, 3.05) is 0 Å². The minimum Gasteiger partial charge on any atom is -0.299 e. The van der Waals surface area contributed by atoms with E-state index < -0.39 is 0 Å². The smallest absolute Gasteiger partial charge is 0.299 e. The number of aryl methyl sites for hydroxylation is 2. The second-order valence-electron chi connectivity index (χ2n) is 4.39. The van der Waals surface area contributed by atoms with Gasteiger partial charge in [0.25, 0.3) is 0 Å². The summed E-state index contributed by atoms with van der Waals surface area (Å²) in [6, 6.07) is 0.196. The summed E-state index contributed by atoms with van der Waals surface area (Å²) in [5.74, 6) is 0.445. The molecule has 2 aromatic rings. The van der Waals surface area contributed by atoms with E-state index in [2.05, 4.69) is 4.98 Å². The fraction of sp³-hybridized carbons (Fsp3) is 0.500. The lowest BCUT2D eigenvalue weighted by Gasteiger charge is -2.04. The maximum atomic E-state index is 12.0. The van der Waals surface area contributed by atoms with Gasteiger partial charge in [-0.1, -0.05) is 0 Å². The molecule has 0 aliphatic rings. The molecule has 0 unspecified atom stereocenters. The van der Waals surface area contributed by atoms with Crippen LogP contribution in [-0.4, -0.2) is 14.1 Å². The predicted molar refractivity (Wildman–Crippen MR) is 74.5 cm³/mol.